The van der Waals surface area contributed by atoms with E-state index in [1.54, 1.807) is 6.07 Å². The highest BCUT2D eigenvalue weighted by molar-refractivity contribution is 7.89. The summed E-state index contributed by atoms with van der Waals surface area (Å²) in [6, 6.07) is 11.2. The van der Waals surface area contributed by atoms with E-state index in [0.717, 1.165) is 0 Å². The number of primary sulfonamides is 1. The number of hydrogen-bond donors (Lipinski definition) is 3. The van der Waals surface area contributed by atoms with Gasteiger partial charge in [-0.15, -0.1) is 0 Å². The number of carbonyl (C=O) groups excluding carboxylic acids is 1. The van der Waals surface area contributed by atoms with Gasteiger partial charge in [0.15, 0.2) is 0 Å². The molecule has 2 rings (SSSR count). The Morgan fingerprint density at radius 3 is 2.36 bits per heavy atom. The van der Waals surface area contributed by atoms with Gasteiger partial charge in [-0.1, -0.05) is 6.07 Å². The van der Waals surface area contributed by atoms with Crippen LogP contribution in [0.2, 0.25) is 0 Å². The Morgan fingerprint density at radius 1 is 1.09 bits per heavy atom. The second-order valence-electron chi connectivity index (χ2n) is 4.48. The van der Waals surface area contributed by atoms with Crippen LogP contribution >= 0.6 is 0 Å². The van der Waals surface area contributed by atoms with Crippen LogP contribution in [0.3, 0.4) is 0 Å². The number of benzene rings is 2. The van der Waals surface area contributed by atoms with Crippen molar-refractivity contribution in [2.45, 2.75) is 4.90 Å². The van der Waals surface area contributed by atoms with Crippen LogP contribution in [0, 0.1) is 5.82 Å². The van der Waals surface area contributed by atoms with E-state index in [0.29, 0.717) is 11.4 Å². The van der Waals surface area contributed by atoms with Crippen molar-refractivity contribution in [3.8, 4) is 0 Å². The molecule has 0 heterocycles. The van der Waals surface area contributed by atoms with Gasteiger partial charge in [0.05, 0.1) is 11.4 Å². The van der Waals surface area contributed by atoms with Crippen molar-refractivity contribution in [1.29, 1.82) is 0 Å². The van der Waals surface area contributed by atoms with Gasteiger partial charge in [-0.2, -0.15) is 0 Å². The molecule has 0 unspecified atom stereocenters. The fourth-order valence-electron chi connectivity index (χ4n) is 1.71. The van der Waals surface area contributed by atoms with Gasteiger partial charge in [0.2, 0.25) is 15.9 Å². The van der Waals surface area contributed by atoms with Crippen LogP contribution in [-0.4, -0.2) is 20.9 Å². The molecular formula is C14H14FN3O3S. The predicted octanol–water partition coefficient (Wildman–Crippen LogP) is 1.52. The Labute approximate surface area is 127 Å². The number of nitrogens with one attached hydrogen (secondary N) is 2. The number of halogens is 1. The molecule has 0 radical (unpaired) electrons. The molecule has 0 aliphatic heterocycles. The van der Waals surface area contributed by atoms with Crippen molar-refractivity contribution in [3.05, 3.63) is 54.3 Å². The van der Waals surface area contributed by atoms with E-state index in [-0.39, 0.29) is 17.3 Å². The predicted molar refractivity (Wildman–Crippen MR) is 81.3 cm³/mol. The molecule has 116 valence electrons. The molecule has 0 atom stereocenters. The molecule has 6 nitrogen and oxygen atoms in total. The molecule has 4 N–H and O–H groups in total. The molecule has 2 aromatic rings. The van der Waals surface area contributed by atoms with Crippen molar-refractivity contribution < 1.29 is 17.6 Å². The Hall–Kier alpha value is -2.45. The molecule has 0 fully saturated rings. The summed E-state index contributed by atoms with van der Waals surface area (Å²) in [5, 5.41) is 10.3. The molecule has 0 bridgehead atoms. The summed E-state index contributed by atoms with van der Waals surface area (Å²) in [6.07, 6.45) is 0. The molecule has 2 aromatic carbocycles. The average Bonchev–Trinajstić information content (AvgIpc) is 2.45. The lowest BCUT2D eigenvalue weighted by Gasteiger charge is -2.08. The third-order valence-corrected chi connectivity index (χ3v) is 3.67. The lowest BCUT2D eigenvalue weighted by atomic mass is 10.3. The highest BCUT2D eigenvalue weighted by Gasteiger charge is 2.08. The first-order chi connectivity index (χ1) is 10.3. The molecule has 8 heteroatoms. The van der Waals surface area contributed by atoms with Crippen LogP contribution < -0.4 is 15.8 Å². The maximum absolute atomic E-state index is 13.0. The van der Waals surface area contributed by atoms with Gasteiger partial charge in [-0.05, 0) is 42.5 Å². The molecule has 0 aromatic heterocycles. The maximum atomic E-state index is 13.0. The third kappa shape index (κ3) is 4.54. The minimum Gasteiger partial charge on any atom is -0.376 e. The van der Waals surface area contributed by atoms with Gasteiger partial charge in [0.1, 0.15) is 5.82 Å². The van der Waals surface area contributed by atoms with E-state index >= 15 is 0 Å². The lowest BCUT2D eigenvalue weighted by Crippen LogP contribution is -2.21. The van der Waals surface area contributed by atoms with E-state index in [2.05, 4.69) is 10.6 Å². The van der Waals surface area contributed by atoms with Gasteiger partial charge in [-0.3, -0.25) is 4.79 Å². The summed E-state index contributed by atoms with van der Waals surface area (Å²) in [5.41, 5.74) is 0.915. The molecule has 0 spiro atoms. The molecule has 1 amide bonds. The Morgan fingerprint density at radius 2 is 1.77 bits per heavy atom. The Kier molecular flexibility index (Phi) is 4.74. The van der Waals surface area contributed by atoms with Crippen molar-refractivity contribution in [1.82, 2.24) is 0 Å². The molecule has 0 saturated carbocycles. The van der Waals surface area contributed by atoms with Crippen molar-refractivity contribution in [2.75, 3.05) is 17.2 Å². The zero-order chi connectivity index (χ0) is 16.2. The number of amides is 1. The smallest absolute Gasteiger partial charge is 0.243 e. The number of anilines is 2. The first-order valence-electron chi connectivity index (χ1n) is 6.27. The summed E-state index contributed by atoms with van der Waals surface area (Å²) >= 11 is 0. The van der Waals surface area contributed by atoms with Gasteiger partial charge >= 0.3 is 0 Å². The number of nitrogens with two attached hydrogens (primary N) is 1. The van der Waals surface area contributed by atoms with Crippen LogP contribution in [-0.2, 0) is 14.8 Å². The summed E-state index contributed by atoms with van der Waals surface area (Å²) in [5.74, 6) is -0.753. The van der Waals surface area contributed by atoms with E-state index in [4.69, 9.17) is 5.14 Å². The van der Waals surface area contributed by atoms with E-state index in [1.165, 1.54) is 42.5 Å². The summed E-state index contributed by atoms with van der Waals surface area (Å²) < 4.78 is 35.2. The van der Waals surface area contributed by atoms with Gasteiger partial charge < -0.3 is 10.6 Å². The second kappa shape index (κ2) is 6.54. The first-order valence-corrected chi connectivity index (χ1v) is 7.81. The fraction of sp³-hybridized carbons (Fsp3) is 0.0714. The Balaban J connectivity index is 1.92. The third-order valence-electron chi connectivity index (χ3n) is 2.74. The van der Waals surface area contributed by atoms with E-state index in [9.17, 15) is 17.6 Å². The quantitative estimate of drug-likeness (QED) is 0.776. The van der Waals surface area contributed by atoms with Crippen LogP contribution in [0.25, 0.3) is 0 Å². The molecule has 0 aliphatic rings. The highest BCUT2D eigenvalue weighted by atomic mass is 32.2. The van der Waals surface area contributed by atoms with Crippen molar-refractivity contribution in [2.24, 2.45) is 5.14 Å². The molecule has 0 aliphatic carbocycles. The number of carbonyl (C=O) groups is 1. The number of hydrogen-bond acceptors (Lipinski definition) is 4. The van der Waals surface area contributed by atoms with Crippen LogP contribution in [0.5, 0.6) is 0 Å². The highest BCUT2D eigenvalue weighted by Crippen LogP contribution is 2.13. The Bertz CT molecular complexity index is 776. The fourth-order valence-corrected chi connectivity index (χ4v) is 2.23. The second-order valence-corrected chi connectivity index (χ2v) is 6.04. The monoisotopic (exact) mass is 323 g/mol. The molecule has 0 saturated heterocycles. The topological polar surface area (TPSA) is 101 Å². The standard InChI is InChI=1S/C14H14FN3O3S/c15-10-2-1-3-12(8-10)17-9-14(19)18-11-4-6-13(7-5-11)22(16,20)21/h1-8,17H,9H2,(H,18,19)(H2,16,20,21). The summed E-state index contributed by atoms with van der Waals surface area (Å²) in [7, 11) is -3.76. The largest absolute Gasteiger partial charge is 0.376 e. The minimum atomic E-state index is -3.76. The number of rotatable bonds is 5. The van der Waals surface area contributed by atoms with Gasteiger partial charge in [-0.25, -0.2) is 17.9 Å². The number of sulfonamides is 1. The minimum absolute atomic E-state index is 0.0385. The van der Waals surface area contributed by atoms with E-state index in [1.807, 2.05) is 0 Å². The maximum Gasteiger partial charge on any atom is 0.243 e. The van der Waals surface area contributed by atoms with Crippen molar-refractivity contribution >= 4 is 27.3 Å². The summed E-state index contributed by atoms with van der Waals surface area (Å²) in [6.45, 7) is -0.0552. The SMILES string of the molecule is NS(=O)(=O)c1ccc(NC(=O)CNc2cccc(F)c2)cc1. The molecular weight excluding hydrogens is 309 g/mol. The van der Waals surface area contributed by atoms with Crippen molar-refractivity contribution in [3.63, 3.8) is 0 Å². The van der Waals surface area contributed by atoms with Crippen LogP contribution in [0.15, 0.2) is 53.4 Å². The molecule has 22 heavy (non-hydrogen) atoms. The average molecular weight is 323 g/mol. The lowest BCUT2D eigenvalue weighted by molar-refractivity contribution is -0.114. The zero-order valence-electron chi connectivity index (χ0n) is 11.4. The van der Waals surface area contributed by atoms with Crippen LogP contribution in [0.4, 0.5) is 15.8 Å². The van der Waals surface area contributed by atoms with Gasteiger partial charge in [0.25, 0.3) is 0 Å². The van der Waals surface area contributed by atoms with Crippen LogP contribution in [0.1, 0.15) is 0 Å². The normalized spacial score (nSPS) is 11.0. The zero-order valence-corrected chi connectivity index (χ0v) is 12.2. The van der Waals surface area contributed by atoms with Gasteiger partial charge in [0, 0.05) is 11.4 Å². The first kappa shape index (κ1) is 15.9. The van der Waals surface area contributed by atoms with E-state index < -0.39 is 15.8 Å². The summed E-state index contributed by atoms with van der Waals surface area (Å²) in [4.78, 5) is 11.7.